The van der Waals surface area contributed by atoms with Gasteiger partial charge >= 0.3 is 6.09 Å². The number of carbonyl (C=O) groups is 4. The van der Waals surface area contributed by atoms with Gasteiger partial charge in [-0.2, -0.15) is 0 Å². The average Bonchev–Trinajstić information content (AvgIpc) is 2.93. The summed E-state index contributed by atoms with van der Waals surface area (Å²) in [4.78, 5) is 54.6. The van der Waals surface area contributed by atoms with Gasteiger partial charge in [0.25, 0.3) is 0 Å². The van der Waals surface area contributed by atoms with Crippen LogP contribution in [0.15, 0.2) is 65.7 Å². The first kappa shape index (κ1) is 31.8. The van der Waals surface area contributed by atoms with E-state index in [0.717, 1.165) is 11.1 Å². The summed E-state index contributed by atoms with van der Waals surface area (Å²) < 4.78 is 5.32. The maximum atomic E-state index is 13.4. The van der Waals surface area contributed by atoms with Crippen LogP contribution in [0.5, 0.6) is 0 Å². The monoisotopic (exact) mass is 552 g/mol. The molecule has 0 aliphatic rings. The van der Waals surface area contributed by atoms with Gasteiger partial charge in [0.05, 0.1) is 6.04 Å². The molecule has 3 unspecified atom stereocenters. The van der Waals surface area contributed by atoms with Crippen molar-refractivity contribution in [3.63, 3.8) is 0 Å². The third-order valence-electron chi connectivity index (χ3n) is 5.90. The minimum Gasteiger partial charge on any atom is -0.445 e. The second-order valence-electron chi connectivity index (χ2n) is 9.84. The summed E-state index contributed by atoms with van der Waals surface area (Å²) in [6.07, 6.45) is 1.21. The lowest BCUT2D eigenvalue weighted by Gasteiger charge is -2.25. The maximum Gasteiger partial charge on any atom is 0.408 e. The van der Waals surface area contributed by atoms with Crippen molar-refractivity contribution < 1.29 is 23.9 Å². The van der Waals surface area contributed by atoms with Crippen LogP contribution in [0.1, 0.15) is 44.2 Å². The molecular formula is C29H40N6O5. The molecule has 2 aromatic carbocycles. The highest BCUT2D eigenvalue weighted by atomic mass is 16.5. The van der Waals surface area contributed by atoms with Crippen LogP contribution in [-0.4, -0.2) is 54.8 Å². The minimum absolute atomic E-state index is 0.0427. The Hall–Kier alpha value is -4.41. The van der Waals surface area contributed by atoms with Gasteiger partial charge in [-0.1, -0.05) is 74.5 Å². The predicted molar refractivity (Wildman–Crippen MR) is 153 cm³/mol. The van der Waals surface area contributed by atoms with Gasteiger partial charge in [0.15, 0.2) is 5.96 Å². The Kier molecular flexibility index (Phi) is 13.7. The first-order chi connectivity index (χ1) is 19.2. The Morgan fingerprint density at radius 2 is 1.48 bits per heavy atom. The molecule has 2 aromatic rings. The van der Waals surface area contributed by atoms with E-state index in [9.17, 15) is 19.2 Å². The van der Waals surface area contributed by atoms with Crippen molar-refractivity contribution in [3.8, 4) is 0 Å². The summed E-state index contributed by atoms with van der Waals surface area (Å²) in [5.41, 5.74) is 12.3. The maximum absolute atomic E-state index is 13.4. The van der Waals surface area contributed by atoms with E-state index in [1.165, 1.54) is 0 Å². The third-order valence-corrected chi connectivity index (χ3v) is 5.90. The van der Waals surface area contributed by atoms with Gasteiger partial charge in [-0.15, -0.1) is 0 Å². The van der Waals surface area contributed by atoms with E-state index in [2.05, 4.69) is 20.9 Å². The molecule has 0 bridgehead atoms. The number of rotatable bonds is 16. The van der Waals surface area contributed by atoms with E-state index in [1.807, 2.05) is 74.5 Å². The molecule has 0 aliphatic carbocycles. The van der Waals surface area contributed by atoms with Gasteiger partial charge < -0.3 is 36.9 Å². The molecule has 0 fully saturated rings. The van der Waals surface area contributed by atoms with Gasteiger partial charge in [0, 0.05) is 13.0 Å². The van der Waals surface area contributed by atoms with Gasteiger partial charge in [0.2, 0.25) is 11.8 Å². The smallest absolute Gasteiger partial charge is 0.408 e. The zero-order valence-corrected chi connectivity index (χ0v) is 23.0. The Morgan fingerprint density at radius 1 is 0.875 bits per heavy atom. The standard InChI is InChI=1S/C29H40N6O5/c1-20(2)16-24(26(37)33-23(18-36)14-9-15-32-28(30)31)34-27(38)25(17-21-10-5-3-6-11-21)35-29(39)40-19-22-12-7-4-8-13-22/h3-8,10-13,18,20,23-25H,9,14-17,19H2,1-2H3,(H,33,37)(H,34,38)(H,35,39)(H4,30,31,32). The molecule has 0 spiro atoms. The Balaban J connectivity index is 2.09. The van der Waals surface area contributed by atoms with Gasteiger partial charge in [-0.25, -0.2) is 4.79 Å². The Bertz CT molecular complexity index is 1110. The molecule has 0 saturated heterocycles. The molecule has 0 aliphatic heterocycles. The number of nitrogens with one attached hydrogen (secondary N) is 3. The fourth-order valence-corrected chi connectivity index (χ4v) is 3.92. The number of hydrogen-bond acceptors (Lipinski definition) is 6. The van der Waals surface area contributed by atoms with E-state index < -0.39 is 36.0 Å². The van der Waals surface area contributed by atoms with Crippen molar-refractivity contribution in [2.75, 3.05) is 6.54 Å². The van der Waals surface area contributed by atoms with Crippen LogP contribution in [0.4, 0.5) is 4.79 Å². The molecule has 216 valence electrons. The van der Waals surface area contributed by atoms with Crippen LogP contribution in [0, 0.1) is 5.92 Å². The lowest BCUT2D eigenvalue weighted by Crippen LogP contribution is -2.56. The van der Waals surface area contributed by atoms with Gasteiger partial charge in [0.1, 0.15) is 25.0 Å². The number of hydrogen-bond donors (Lipinski definition) is 5. The molecule has 11 heteroatoms. The van der Waals surface area contributed by atoms with Crippen LogP contribution in [0.2, 0.25) is 0 Å². The molecule has 2 rings (SSSR count). The highest BCUT2D eigenvalue weighted by Crippen LogP contribution is 2.09. The van der Waals surface area contributed by atoms with E-state index >= 15 is 0 Å². The van der Waals surface area contributed by atoms with Crippen LogP contribution < -0.4 is 27.4 Å². The number of nitrogens with two attached hydrogens (primary N) is 2. The number of amides is 3. The number of guanidine groups is 1. The minimum atomic E-state index is -1.01. The van der Waals surface area contributed by atoms with Crippen molar-refractivity contribution in [2.45, 2.75) is 64.3 Å². The number of nitrogens with zero attached hydrogens (tertiary/aromatic N) is 1. The Morgan fingerprint density at radius 3 is 2.05 bits per heavy atom. The van der Waals surface area contributed by atoms with Crippen molar-refractivity contribution >= 4 is 30.2 Å². The van der Waals surface area contributed by atoms with E-state index in [1.54, 1.807) is 0 Å². The van der Waals surface area contributed by atoms with Gasteiger partial charge in [-0.05, 0) is 36.3 Å². The number of aliphatic imine (C=N–C) groups is 1. The Labute approximate surface area is 235 Å². The predicted octanol–water partition coefficient (Wildman–Crippen LogP) is 1.79. The number of ether oxygens (including phenoxy) is 1. The number of carbonyl (C=O) groups excluding carboxylic acids is 4. The molecule has 0 radical (unpaired) electrons. The molecule has 11 nitrogen and oxygen atoms in total. The summed E-state index contributed by atoms with van der Waals surface area (Å²) in [5, 5.41) is 8.09. The van der Waals surface area contributed by atoms with E-state index in [-0.39, 0.29) is 24.9 Å². The van der Waals surface area contributed by atoms with E-state index in [0.29, 0.717) is 32.1 Å². The molecule has 3 amide bonds. The first-order valence-corrected chi connectivity index (χ1v) is 13.3. The highest BCUT2D eigenvalue weighted by molar-refractivity contribution is 5.92. The molecular weight excluding hydrogens is 512 g/mol. The molecule has 0 aromatic heterocycles. The fraction of sp³-hybridized carbons (Fsp3) is 0.414. The quantitative estimate of drug-likeness (QED) is 0.0912. The summed E-state index contributed by atoms with van der Waals surface area (Å²) >= 11 is 0. The third kappa shape index (κ3) is 12.4. The SMILES string of the molecule is CC(C)CC(NC(=O)C(Cc1ccccc1)NC(=O)OCc1ccccc1)C(=O)NC(C=O)CCCN=C(N)N. The van der Waals surface area contributed by atoms with Crippen LogP contribution in [-0.2, 0) is 32.1 Å². The normalized spacial score (nSPS) is 12.9. The van der Waals surface area contributed by atoms with Crippen LogP contribution >= 0.6 is 0 Å². The molecule has 0 saturated carbocycles. The van der Waals surface area contributed by atoms with Crippen LogP contribution in [0.3, 0.4) is 0 Å². The fourth-order valence-electron chi connectivity index (χ4n) is 3.92. The zero-order valence-electron chi connectivity index (χ0n) is 23.0. The van der Waals surface area contributed by atoms with Gasteiger partial charge in [-0.3, -0.25) is 14.6 Å². The van der Waals surface area contributed by atoms with Crippen molar-refractivity contribution in [2.24, 2.45) is 22.4 Å². The van der Waals surface area contributed by atoms with Crippen LogP contribution in [0.25, 0.3) is 0 Å². The molecule has 3 atom stereocenters. The lowest BCUT2D eigenvalue weighted by atomic mass is 10.0. The summed E-state index contributed by atoms with van der Waals surface area (Å²) in [5.74, 6) is -1.03. The summed E-state index contributed by atoms with van der Waals surface area (Å²) in [6.45, 7) is 4.20. The lowest BCUT2D eigenvalue weighted by molar-refractivity contribution is -0.131. The topological polar surface area (TPSA) is 178 Å². The van der Waals surface area contributed by atoms with Crippen molar-refractivity contribution in [1.82, 2.24) is 16.0 Å². The van der Waals surface area contributed by atoms with Crippen molar-refractivity contribution in [3.05, 3.63) is 71.8 Å². The number of alkyl carbamates (subject to hydrolysis) is 1. The largest absolute Gasteiger partial charge is 0.445 e. The zero-order chi connectivity index (χ0) is 29.3. The molecule has 40 heavy (non-hydrogen) atoms. The molecule has 0 heterocycles. The summed E-state index contributed by atoms with van der Waals surface area (Å²) in [6, 6.07) is 15.7. The van der Waals surface area contributed by atoms with E-state index in [4.69, 9.17) is 16.2 Å². The van der Waals surface area contributed by atoms with Crippen molar-refractivity contribution in [1.29, 1.82) is 0 Å². The average molecular weight is 553 g/mol. The number of benzene rings is 2. The number of aldehydes is 1. The first-order valence-electron chi connectivity index (χ1n) is 13.3. The second-order valence-corrected chi connectivity index (χ2v) is 9.84. The molecule has 7 N–H and O–H groups in total. The summed E-state index contributed by atoms with van der Waals surface area (Å²) in [7, 11) is 0. The second kappa shape index (κ2) is 17.2. The highest BCUT2D eigenvalue weighted by Gasteiger charge is 2.29.